The third kappa shape index (κ3) is 4.05. The van der Waals surface area contributed by atoms with E-state index in [-0.39, 0.29) is 34.6 Å². The van der Waals surface area contributed by atoms with Gasteiger partial charge in [0.1, 0.15) is 6.54 Å². The van der Waals surface area contributed by atoms with Crippen molar-refractivity contribution in [3.63, 3.8) is 0 Å². The molecule has 5 aromatic rings. The zero-order valence-electron chi connectivity index (χ0n) is 19.9. The van der Waals surface area contributed by atoms with Crippen LogP contribution >= 0.6 is 0 Å². The predicted molar refractivity (Wildman–Crippen MR) is 123 cm³/mol. The maximum atomic E-state index is 14.6. The molecular weight excluding hydrogens is 513 g/mol. The molecule has 14 heteroatoms. The third-order valence-corrected chi connectivity index (χ3v) is 6.52. The van der Waals surface area contributed by atoms with Crippen molar-refractivity contribution in [2.45, 2.75) is 31.0 Å². The van der Waals surface area contributed by atoms with Gasteiger partial charge in [-0.05, 0) is 42.0 Å². The van der Waals surface area contributed by atoms with E-state index in [1.165, 1.54) is 32.5 Å². The summed E-state index contributed by atoms with van der Waals surface area (Å²) < 4.78 is 79.9. The van der Waals surface area contributed by atoms with Gasteiger partial charge in [0.15, 0.2) is 5.65 Å². The Bertz CT molecular complexity index is 1700. The van der Waals surface area contributed by atoms with Crippen LogP contribution in [0.25, 0.3) is 27.8 Å². The van der Waals surface area contributed by atoms with Gasteiger partial charge in [-0.2, -0.15) is 36.6 Å². The molecule has 1 fully saturated rings. The Morgan fingerprint density at radius 3 is 2.55 bits per heavy atom. The molecular formula is C24H18F5N7O2. The lowest BCUT2D eigenvalue weighted by Gasteiger charge is -2.11. The minimum Gasteiger partial charge on any atom is -0.480 e. The molecule has 6 rings (SSSR count). The van der Waals surface area contributed by atoms with E-state index in [2.05, 4.69) is 25.1 Å². The summed E-state index contributed by atoms with van der Waals surface area (Å²) in [5.74, 6) is -1.74. The van der Waals surface area contributed by atoms with Crippen LogP contribution in [0.5, 0.6) is 11.9 Å². The van der Waals surface area contributed by atoms with E-state index >= 15 is 0 Å². The topological polar surface area (TPSA) is 92.3 Å². The van der Waals surface area contributed by atoms with E-state index in [1.807, 2.05) is 0 Å². The van der Waals surface area contributed by atoms with Crippen molar-refractivity contribution in [1.82, 2.24) is 34.3 Å². The Morgan fingerprint density at radius 2 is 1.82 bits per heavy atom. The Morgan fingerprint density at radius 1 is 1.00 bits per heavy atom. The Kier molecular flexibility index (Phi) is 5.43. The number of hydrogen-bond acceptors (Lipinski definition) is 7. The lowest BCUT2D eigenvalue weighted by Crippen LogP contribution is -2.18. The molecule has 1 aliphatic carbocycles. The zero-order valence-corrected chi connectivity index (χ0v) is 19.9. The molecule has 0 aliphatic heterocycles. The minimum absolute atomic E-state index is 0.00529. The number of methoxy groups -OCH3 is 2. The Hall–Kier alpha value is -4.36. The smallest absolute Gasteiger partial charge is 0.408 e. The first kappa shape index (κ1) is 24.0. The summed E-state index contributed by atoms with van der Waals surface area (Å²) in [5.41, 5.74) is 2.47. The lowest BCUT2D eigenvalue weighted by atomic mass is 10.0. The number of alkyl halides is 3. The summed E-state index contributed by atoms with van der Waals surface area (Å²) in [5, 5.41) is 7.78. The number of aromatic nitrogens is 7. The number of benzene rings is 1. The van der Waals surface area contributed by atoms with Crippen LogP contribution in [0.4, 0.5) is 22.0 Å². The summed E-state index contributed by atoms with van der Waals surface area (Å²) in [6.45, 7) is -1.40. The summed E-state index contributed by atoms with van der Waals surface area (Å²) in [6.07, 6.45) is -1.43. The van der Waals surface area contributed by atoms with Crippen LogP contribution < -0.4 is 9.47 Å². The van der Waals surface area contributed by atoms with Gasteiger partial charge in [-0.15, -0.1) is 5.10 Å². The van der Waals surface area contributed by atoms with Crippen molar-refractivity contribution in [2.75, 3.05) is 14.2 Å². The number of imidazole rings is 1. The van der Waals surface area contributed by atoms with Crippen LogP contribution in [0, 0.1) is 11.9 Å². The monoisotopic (exact) mass is 531 g/mol. The van der Waals surface area contributed by atoms with E-state index in [1.54, 1.807) is 12.1 Å². The molecule has 0 radical (unpaired) electrons. The Labute approximate surface area is 210 Å². The second-order valence-corrected chi connectivity index (χ2v) is 8.87. The van der Waals surface area contributed by atoms with Gasteiger partial charge in [0, 0.05) is 11.8 Å². The SMILES string of the molecule is COc1ncc(-c2cc([C@H]3CC3c3ccc4c(F)nn(CC(F)(F)F)c4c3)c3ncc(F)n3n2)c(OC)n1. The van der Waals surface area contributed by atoms with E-state index in [0.29, 0.717) is 39.1 Å². The van der Waals surface area contributed by atoms with Gasteiger partial charge in [-0.3, -0.25) is 4.68 Å². The fraction of sp³-hybridized carbons (Fsp3) is 0.292. The van der Waals surface area contributed by atoms with Gasteiger partial charge in [0.05, 0.1) is 42.6 Å². The van der Waals surface area contributed by atoms with E-state index in [9.17, 15) is 22.0 Å². The van der Waals surface area contributed by atoms with Crippen molar-refractivity contribution in [2.24, 2.45) is 0 Å². The number of fused-ring (bicyclic) bond motifs is 2. The molecule has 1 unspecified atom stereocenters. The summed E-state index contributed by atoms with van der Waals surface area (Å²) in [4.78, 5) is 12.4. The maximum absolute atomic E-state index is 14.6. The maximum Gasteiger partial charge on any atom is 0.408 e. The van der Waals surface area contributed by atoms with Crippen LogP contribution in [0.1, 0.15) is 29.4 Å². The molecule has 1 aliphatic rings. The van der Waals surface area contributed by atoms with Gasteiger partial charge in [0.25, 0.3) is 0 Å². The van der Waals surface area contributed by atoms with Gasteiger partial charge < -0.3 is 9.47 Å². The molecule has 1 saturated carbocycles. The average Bonchev–Trinajstić information content (AvgIpc) is 3.53. The van der Waals surface area contributed by atoms with Crippen LogP contribution in [0.15, 0.2) is 36.7 Å². The first-order valence-electron chi connectivity index (χ1n) is 11.4. The van der Waals surface area contributed by atoms with Gasteiger partial charge in [0.2, 0.25) is 17.8 Å². The molecule has 196 valence electrons. The molecule has 9 nitrogen and oxygen atoms in total. The number of rotatable bonds is 6. The molecule has 1 aromatic carbocycles. The van der Waals surface area contributed by atoms with Crippen LogP contribution in [0.3, 0.4) is 0 Å². The van der Waals surface area contributed by atoms with Crippen molar-refractivity contribution >= 4 is 16.6 Å². The summed E-state index contributed by atoms with van der Waals surface area (Å²) in [6, 6.07) is 6.44. The Balaban J connectivity index is 1.41. The highest BCUT2D eigenvalue weighted by Crippen LogP contribution is 2.56. The van der Waals surface area contributed by atoms with Gasteiger partial charge in [-0.25, -0.2) is 9.97 Å². The zero-order chi connectivity index (χ0) is 26.8. The molecule has 4 aromatic heterocycles. The van der Waals surface area contributed by atoms with Crippen molar-refractivity contribution in [1.29, 1.82) is 0 Å². The van der Waals surface area contributed by atoms with Gasteiger partial charge >= 0.3 is 12.2 Å². The number of ether oxygens (including phenoxy) is 2. The van der Waals surface area contributed by atoms with Gasteiger partial charge in [-0.1, -0.05) is 6.07 Å². The van der Waals surface area contributed by atoms with E-state index < -0.39 is 24.6 Å². The molecule has 38 heavy (non-hydrogen) atoms. The molecule has 0 N–H and O–H groups in total. The fourth-order valence-electron chi connectivity index (χ4n) is 4.73. The third-order valence-electron chi connectivity index (χ3n) is 6.52. The highest BCUT2D eigenvalue weighted by atomic mass is 19.4. The first-order valence-corrected chi connectivity index (χ1v) is 11.4. The van der Waals surface area contributed by atoms with Crippen molar-refractivity contribution in [3.8, 4) is 23.1 Å². The van der Waals surface area contributed by atoms with Crippen LogP contribution in [-0.4, -0.2) is 54.7 Å². The molecule has 4 heterocycles. The minimum atomic E-state index is -4.56. The van der Waals surface area contributed by atoms with Crippen LogP contribution in [0.2, 0.25) is 0 Å². The number of halogens is 5. The molecule has 0 amide bonds. The molecule has 0 bridgehead atoms. The fourth-order valence-corrected chi connectivity index (χ4v) is 4.73. The van der Waals surface area contributed by atoms with Crippen molar-refractivity contribution < 1.29 is 31.4 Å². The molecule has 2 atom stereocenters. The average molecular weight is 531 g/mol. The highest BCUT2D eigenvalue weighted by Gasteiger charge is 2.42. The predicted octanol–water partition coefficient (Wildman–Crippen LogP) is 4.66. The highest BCUT2D eigenvalue weighted by molar-refractivity contribution is 5.80. The molecule has 0 saturated heterocycles. The molecule has 0 spiro atoms. The number of hydrogen-bond donors (Lipinski definition) is 0. The quantitative estimate of drug-likeness (QED) is 0.294. The normalized spacial score (nSPS) is 17.3. The van der Waals surface area contributed by atoms with E-state index in [4.69, 9.17) is 9.47 Å². The standard InChI is InChI=1S/C24H18F5N7O2/c1-37-22-16(8-31-23(32-22)38-2)17-7-15(21-30-9-19(25)36(21)33-17)14-6-13(14)11-3-4-12-18(5-11)35(34-20(12)26)10-24(27,28)29/h3-5,7-9,13-14H,6,10H2,1-2H3/t13?,14-/m0/s1. The summed E-state index contributed by atoms with van der Waals surface area (Å²) >= 11 is 0. The first-order chi connectivity index (χ1) is 18.2. The van der Waals surface area contributed by atoms with Crippen molar-refractivity contribution in [3.05, 3.63) is 59.7 Å². The van der Waals surface area contributed by atoms with Crippen LogP contribution in [-0.2, 0) is 6.54 Å². The number of nitrogens with zero attached hydrogens (tertiary/aromatic N) is 7. The largest absolute Gasteiger partial charge is 0.480 e. The second-order valence-electron chi connectivity index (χ2n) is 8.87. The second kappa shape index (κ2) is 8.60. The summed E-state index contributed by atoms with van der Waals surface area (Å²) in [7, 11) is 2.83. The van der Waals surface area contributed by atoms with E-state index in [0.717, 1.165) is 10.7 Å². The lowest BCUT2D eigenvalue weighted by molar-refractivity contribution is -0.142.